The summed E-state index contributed by atoms with van der Waals surface area (Å²) >= 11 is 0. The quantitative estimate of drug-likeness (QED) is 0.582. The minimum Gasteiger partial charge on any atom is -0.314 e. The van der Waals surface area contributed by atoms with Crippen molar-refractivity contribution in [2.24, 2.45) is 11.3 Å². The number of rotatable bonds is 0. The second-order valence-corrected chi connectivity index (χ2v) is 4.70. The van der Waals surface area contributed by atoms with Crippen LogP contribution in [0.3, 0.4) is 0 Å². The second kappa shape index (κ2) is 4.40. The van der Waals surface area contributed by atoms with Gasteiger partial charge in [0.05, 0.1) is 0 Å². The van der Waals surface area contributed by atoms with E-state index in [9.17, 15) is 0 Å². The summed E-state index contributed by atoms with van der Waals surface area (Å²) in [5.74, 6) is 0.748. The van der Waals surface area contributed by atoms with E-state index in [1.807, 2.05) is 0 Å². The first kappa shape index (κ1) is 12.1. The molecule has 0 spiro atoms. The van der Waals surface area contributed by atoms with E-state index in [2.05, 4.69) is 25.6 Å². The van der Waals surface area contributed by atoms with Crippen LogP contribution in [0.1, 0.15) is 40.0 Å². The summed E-state index contributed by atoms with van der Waals surface area (Å²) in [7, 11) is 0. The predicted molar refractivity (Wildman–Crippen MR) is 47.2 cm³/mol. The van der Waals surface area contributed by atoms with Gasteiger partial charge in [0.2, 0.25) is 6.04 Å². The molecule has 0 bridgehead atoms. The van der Waals surface area contributed by atoms with Crippen molar-refractivity contribution in [1.82, 2.24) is 0 Å². The summed E-state index contributed by atoms with van der Waals surface area (Å²) < 4.78 is 0. The Hall–Kier alpha value is 0.139. The van der Waals surface area contributed by atoms with Crippen LogP contribution in [0, 0.1) is 17.9 Å². The average Bonchev–Trinajstić information content (AvgIpc) is 1.83. The Bertz CT molecular complexity index is 181. The first-order chi connectivity index (χ1) is 5.03. The van der Waals surface area contributed by atoms with Crippen LogP contribution < -0.4 is 0 Å². The van der Waals surface area contributed by atoms with Crippen molar-refractivity contribution in [3.05, 3.63) is 11.4 Å². The zero-order valence-corrected chi connectivity index (χ0v) is 9.96. The molecule has 1 radical (unpaired) electrons. The minimum absolute atomic E-state index is 0. The molecular formula is C10H17NTc. The van der Waals surface area contributed by atoms with Crippen LogP contribution in [0.4, 0.5) is 0 Å². The fraction of sp³-hybridized carbons (Fsp3) is 0.900. The van der Waals surface area contributed by atoms with E-state index >= 15 is 0 Å². The fourth-order valence-corrected chi connectivity index (χ4v) is 2.39. The molecule has 2 atom stereocenters. The third-order valence-electron chi connectivity index (χ3n) is 2.55. The zero-order chi connectivity index (χ0) is 8.48. The van der Waals surface area contributed by atoms with Gasteiger partial charge < -0.3 is 4.85 Å². The molecule has 1 nitrogen and oxygen atoms in total. The minimum atomic E-state index is 0. The molecule has 0 heterocycles. The fourth-order valence-electron chi connectivity index (χ4n) is 2.39. The van der Waals surface area contributed by atoms with Crippen LogP contribution in [0.5, 0.6) is 0 Å². The third-order valence-corrected chi connectivity index (χ3v) is 2.55. The van der Waals surface area contributed by atoms with E-state index < -0.39 is 0 Å². The van der Waals surface area contributed by atoms with E-state index in [1.165, 1.54) is 6.42 Å². The van der Waals surface area contributed by atoms with Crippen molar-refractivity contribution in [3.8, 4) is 0 Å². The number of hydrogen-bond acceptors (Lipinski definition) is 0. The second-order valence-electron chi connectivity index (χ2n) is 4.70. The Morgan fingerprint density at radius 3 is 2.33 bits per heavy atom. The van der Waals surface area contributed by atoms with E-state index in [0.717, 1.165) is 18.8 Å². The third kappa shape index (κ3) is 3.25. The first-order valence-corrected chi connectivity index (χ1v) is 4.40. The maximum atomic E-state index is 6.99. The summed E-state index contributed by atoms with van der Waals surface area (Å²) in [6.45, 7) is 13.8. The summed E-state index contributed by atoms with van der Waals surface area (Å²) in [5.41, 5.74) is 0.410. The molecule has 1 rings (SSSR count). The molecule has 0 amide bonds. The Kier molecular flexibility index (Phi) is 4.45. The molecule has 0 aromatic heterocycles. The van der Waals surface area contributed by atoms with E-state index in [0.29, 0.717) is 11.5 Å². The molecule has 0 N–H and O–H groups in total. The van der Waals surface area contributed by atoms with Crippen LogP contribution in [0.25, 0.3) is 4.85 Å². The predicted octanol–water partition coefficient (Wildman–Crippen LogP) is 3.12. The van der Waals surface area contributed by atoms with Gasteiger partial charge in [0.15, 0.2) is 0 Å². The Balaban J connectivity index is 0.00000121. The van der Waals surface area contributed by atoms with Gasteiger partial charge in [-0.3, -0.25) is 0 Å². The van der Waals surface area contributed by atoms with Crippen molar-refractivity contribution in [2.75, 3.05) is 0 Å². The van der Waals surface area contributed by atoms with Crippen LogP contribution in [-0.4, -0.2) is 6.04 Å². The molecule has 0 aliphatic heterocycles. The van der Waals surface area contributed by atoms with Crippen LogP contribution in [0.2, 0.25) is 0 Å². The summed E-state index contributed by atoms with van der Waals surface area (Å²) in [4.78, 5) is 3.64. The molecule has 1 fully saturated rings. The Labute approximate surface area is 89.1 Å². The molecule has 0 aromatic carbocycles. The number of hydrogen-bond donors (Lipinski definition) is 0. The molecule has 69 valence electrons. The maximum absolute atomic E-state index is 6.99. The standard InChI is InChI=1S/C10H17N.Tc/c1-8-5-9(11-4)7-10(2,3)6-8;/h8-9H,5-7H2,1-3H3;/i;1+1. The summed E-state index contributed by atoms with van der Waals surface area (Å²) in [6.07, 6.45) is 3.51. The van der Waals surface area contributed by atoms with Gasteiger partial charge in [0.25, 0.3) is 0 Å². The molecule has 12 heavy (non-hydrogen) atoms. The zero-order valence-electron chi connectivity index (χ0n) is 8.10. The Morgan fingerprint density at radius 2 is 1.92 bits per heavy atom. The molecule has 1 saturated carbocycles. The topological polar surface area (TPSA) is 4.36 Å². The molecule has 0 aromatic rings. The van der Waals surface area contributed by atoms with Crippen molar-refractivity contribution < 1.29 is 20.1 Å². The summed E-state index contributed by atoms with van der Waals surface area (Å²) in [5, 5.41) is 0. The molecule has 1 aliphatic rings. The van der Waals surface area contributed by atoms with Crippen molar-refractivity contribution in [3.63, 3.8) is 0 Å². The van der Waals surface area contributed by atoms with Gasteiger partial charge in [-0.1, -0.05) is 20.8 Å². The van der Waals surface area contributed by atoms with Crippen LogP contribution in [-0.2, 0) is 20.1 Å². The van der Waals surface area contributed by atoms with Gasteiger partial charge in [-0.05, 0) is 17.8 Å². The van der Waals surface area contributed by atoms with Gasteiger partial charge >= 0.3 is 0 Å². The molecule has 0 saturated heterocycles. The van der Waals surface area contributed by atoms with Crippen LogP contribution >= 0.6 is 0 Å². The number of nitrogens with zero attached hydrogens (tertiary/aromatic N) is 1. The van der Waals surface area contributed by atoms with E-state index in [1.54, 1.807) is 0 Å². The van der Waals surface area contributed by atoms with E-state index in [-0.39, 0.29) is 20.1 Å². The molecule has 2 heteroatoms. The molecular weight excluding hydrogens is 233 g/mol. The maximum Gasteiger partial charge on any atom is 0.224 e. The first-order valence-electron chi connectivity index (χ1n) is 4.40. The van der Waals surface area contributed by atoms with Gasteiger partial charge in [-0.25, -0.2) is 6.57 Å². The Morgan fingerprint density at radius 1 is 1.33 bits per heavy atom. The SMILES string of the molecule is [99Tc].[C-]#[N+]C1CC(C)CC(C)(C)C1. The molecule has 1 aliphatic carbocycles. The van der Waals surface area contributed by atoms with Crippen LogP contribution in [0.15, 0.2) is 0 Å². The van der Waals surface area contributed by atoms with Gasteiger partial charge in [-0.2, -0.15) is 0 Å². The average molecular weight is 250 g/mol. The van der Waals surface area contributed by atoms with Gasteiger partial charge in [-0.15, -0.1) is 0 Å². The monoisotopic (exact) mass is 250 g/mol. The van der Waals surface area contributed by atoms with Gasteiger partial charge in [0.1, 0.15) is 0 Å². The van der Waals surface area contributed by atoms with Crippen molar-refractivity contribution >= 4 is 0 Å². The normalized spacial score (nSPS) is 33.2. The van der Waals surface area contributed by atoms with Gasteiger partial charge in [0, 0.05) is 32.9 Å². The molecule has 2 unspecified atom stereocenters. The smallest absolute Gasteiger partial charge is 0.224 e. The van der Waals surface area contributed by atoms with E-state index in [4.69, 9.17) is 6.57 Å². The van der Waals surface area contributed by atoms with Crippen molar-refractivity contribution in [2.45, 2.75) is 46.1 Å². The van der Waals surface area contributed by atoms with Crippen molar-refractivity contribution in [1.29, 1.82) is 0 Å². The largest absolute Gasteiger partial charge is 0.314 e. The summed E-state index contributed by atoms with van der Waals surface area (Å²) in [6, 6.07) is 0.300.